The van der Waals surface area contributed by atoms with Crippen LogP contribution in [0.5, 0.6) is 5.75 Å². The maximum atomic E-state index is 12.3. The van der Waals surface area contributed by atoms with E-state index in [1.54, 1.807) is 13.2 Å². The molecule has 7 heteroatoms. The first-order valence-electron chi connectivity index (χ1n) is 7.95. The number of thiophene rings is 1. The number of amides is 1. The number of ether oxygens (including phenoxy) is 1. The van der Waals surface area contributed by atoms with Crippen molar-refractivity contribution in [2.24, 2.45) is 0 Å². The van der Waals surface area contributed by atoms with E-state index in [1.165, 1.54) is 22.2 Å². The lowest BCUT2D eigenvalue weighted by Gasteiger charge is -2.17. The highest BCUT2D eigenvalue weighted by molar-refractivity contribution is 7.16. The van der Waals surface area contributed by atoms with Crippen molar-refractivity contribution < 1.29 is 9.53 Å². The van der Waals surface area contributed by atoms with Crippen molar-refractivity contribution in [3.8, 4) is 5.75 Å². The third kappa shape index (κ3) is 3.71. The molecule has 6 nitrogen and oxygen atoms in total. The summed E-state index contributed by atoms with van der Waals surface area (Å²) in [6, 6.07) is 9.15. The Morgan fingerprint density at radius 2 is 2.16 bits per heavy atom. The van der Waals surface area contributed by atoms with Gasteiger partial charge in [-0.25, -0.2) is 4.98 Å². The predicted octanol–water partition coefficient (Wildman–Crippen LogP) is 2.73. The van der Waals surface area contributed by atoms with Gasteiger partial charge in [0.05, 0.1) is 24.9 Å². The Morgan fingerprint density at radius 1 is 1.36 bits per heavy atom. The minimum absolute atomic E-state index is 0.114. The van der Waals surface area contributed by atoms with Gasteiger partial charge in [0.25, 0.3) is 5.56 Å². The first kappa shape index (κ1) is 17.2. The molecule has 1 N–H and O–H groups in total. The van der Waals surface area contributed by atoms with Gasteiger partial charge in [-0.05, 0) is 24.4 Å². The molecule has 2 heterocycles. The molecule has 1 atom stereocenters. The highest BCUT2D eigenvalue weighted by atomic mass is 32.1. The molecular formula is C18H19N3O3S. The lowest BCUT2D eigenvalue weighted by Crippen LogP contribution is -2.29. The number of nitrogens with zero attached hydrogens (tertiary/aromatic N) is 2. The molecule has 0 saturated carbocycles. The fourth-order valence-electron chi connectivity index (χ4n) is 2.69. The van der Waals surface area contributed by atoms with Crippen molar-refractivity contribution >= 4 is 27.5 Å². The van der Waals surface area contributed by atoms with E-state index < -0.39 is 0 Å². The number of hydrogen-bond acceptors (Lipinski definition) is 5. The normalized spacial score (nSPS) is 12.1. The SMILES string of the molecule is COc1ccccc1[C@H](C)NC(=O)CCn1cnc2sccc2c1=O. The van der Waals surface area contributed by atoms with Crippen LogP contribution in [0.2, 0.25) is 0 Å². The zero-order valence-electron chi connectivity index (χ0n) is 14.1. The van der Waals surface area contributed by atoms with Crippen LogP contribution in [0, 0.1) is 0 Å². The molecule has 25 heavy (non-hydrogen) atoms. The molecule has 0 aliphatic carbocycles. The van der Waals surface area contributed by atoms with E-state index in [1.807, 2.05) is 36.6 Å². The van der Waals surface area contributed by atoms with Gasteiger partial charge in [-0.3, -0.25) is 14.2 Å². The summed E-state index contributed by atoms with van der Waals surface area (Å²) >= 11 is 1.43. The van der Waals surface area contributed by atoms with E-state index >= 15 is 0 Å². The molecular weight excluding hydrogens is 338 g/mol. The van der Waals surface area contributed by atoms with Crippen molar-refractivity contribution in [1.82, 2.24) is 14.9 Å². The summed E-state index contributed by atoms with van der Waals surface area (Å²) in [5.74, 6) is 0.606. The number of fused-ring (bicyclic) bond motifs is 1. The minimum atomic E-state index is -0.183. The van der Waals surface area contributed by atoms with Crippen LogP contribution in [-0.2, 0) is 11.3 Å². The third-order valence-corrected chi connectivity index (χ3v) is 4.83. The molecule has 0 aliphatic heterocycles. The molecule has 130 valence electrons. The molecule has 0 spiro atoms. The Kier molecular flexibility index (Phi) is 5.14. The van der Waals surface area contributed by atoms with Crippen molar-refractivity contribution in [3.63, 3.8) is 0 Å². The van der Waals surface area contributed by atoms with E-state index in [2.05, 4.69) is 10.3 Å². The largest absolute Gasteiger partial charge is 0.496 e. The van der Waals surface area contributed by atoms with Gasteiger partial charge in [0, 0.05) is 18.5 Å². The van der Waals surface area contributed by atoms with Gasteiger partial charge in [-0.2, -0.15) is 0 Å². The maximum Gasteiger partial charge on any atom is 0.262 e. The summed E-state index contributed by atoms with van der Waals surface area (Å²) in [4.78, 5) is 29.5. The number of aryl methyl sites for hydroxylation is 1. The highest BCUT2D eigenvalue weighted by Crippen LogP contribution is 2.24. The fourth-order valence-corrected chi connectivity index (χ4v) is 3.41. The number of hydrogen-bond donors (Lipinski definition) is 1. The molecule has 2 aromatic heterocycles. The van der Waals surface area contributed by atoms with Crippen LogP contribution in [0.15, 0.2) is 46.8 Å². The summed E-state index contributed by atoms with van der Waals surface area (Å²) in [5, 5.41) is 5.37. The number of methoxy groups -OCH3 is 1. The van der Waals surface area contributed by atoms with E-state index in [0.29, 0.717) is 11.9 Å². The smallest absolute Gasteiger partial charge is 0.262 e. The average molecular weight is 357 g/mol. The Bertz CT molecular complexity index is 948. The van der Waals surface area contributed by atoms with Crippen molar-refractivity contribution in [2.45, 2.75) is 25.9 Å². The average Bonchev–Trinajstić information content (AvgIpc) is 3.10. The molecule has 0 unspecified atom stereocenters. The van der Waals surface area contributed by atoms with Crippen LogP contribution in [0.25, 0.3) is 10.2 Å². The lowest BCUT2D eigenvalue weighted by atomic mass is 10.1. The lowest BCUT2D eigenvalue weighted by molar-refractivity contribution is -0.121. The first-order valence-corrected chi connectivity index (χ1v) is 8.83. The summed E-state index contributed by atoms with van der Waals surface area (Å²) in [6.07, 6.45) is 1.70. The molecule has 0 saturated heterocycles. The van der Waals surface area contributed by atoms with Crippen LogP contribution in [0.4, 0.5) is 0 Å². The standard InChI is InChI=1S/C18H19N3O3S/c1-12(13-5-3-4-6-15(13)24-2)20-16(22)7-9-21-11-19-17-14(18(21)23)8-10-25-17/h3-6,8,10-12H,7,9H2,1-2H3,(H,20,22)/t12-/m0/s1. The minimum Gasteiger partial charge on any atom is -0.496 e. The zero-order valence-corrected chi connectivity index (χ0v) is 14.9. The molecule has 3 rings (SSSR count). The molecule has 0 radical (unpaired) electrons. The monoisotopic (exact) mass is 357 g/mol. The number of para-hydroxylation sites is 1. The molecule has 0 aliphatic rings. The Balaban J connectivity index is 1.64. The number of aromatic nitrogens is 2. The van der Waals surface area contributed by atoms with Crippen molar-refractivity contribution in [2.75, 3.05) is 7.11 Å². The second kappa shape index (κ2) is 7.48. The highest BCUT2D eigenvalue weighted by Gasteiger charge is 2.14. The Labute approximate surface area is 149 Å². The van der Waals surface area contributed by atoms with Gasteiger partial charge >= 0.3 is 0 Å². The van der Waals surface area contributed by atoms with Crippen molar-refractivity contribution in [1.29, 1.82) is 0 Å². The first-order chi connectivity index (χ1) is 12.1. The summed E-state index contributed by atoms with van der Waals surface area (Å²) in [5.41, 5.74) is 0.800. The van der Waals surface area contributed by atoms with Crippen LogP contribution >= 0.6 is 11.3 Å². The van der Waals surface area contributed by atoms with Gasteiger partial charge in [-0.15, -0.1) is 11.3 Å². The van der Waals surface area contributed by atoms with E-state index in [-0.39, 0.29) is 23.9 Å². The van der Waals surface area contributed by atoms with Gasteiger partial charge in [0.2, 0.25) is 5.91 Å². The van der Waals surface area contributed by atoms with Crippen molar-refractivity contribution in [3.05, 3.63) is 58.0 Å². The molecule has 0 bridgehead atoms. The quantitative estimate of drug-likeness (QED) is 0.736. The third-order valence-electron chi connectivity index (χ3n) is 4.01. The van der Waals surface area contributed by atoms with Gasteiger partial charge < -0.3 is 10.1 Å². The second-order valence-electron chi connectivity index (χ2n) is 5.66. The molecule has 0 fully saturated rings. The van der Waals surface area contributed by atoms with Crippen LogP contribution in [-0.4, -0.2) is 22.6 Å². The Morgan fingerprint density at radius 3 is 2.96 bits per heavy atom. The molecule has 1 amide bonds. The van der Waals surface area contributed by atoms with Gasteiger partial charge in [-0.1, -0.05) is 18.2 Å². The molecule has 1 aromatic carbocycles. The number of rotatable bonds is 6. The summed E-state index contributed by atoms with van der Waals surface area (Å²) in [7, 11) is 1.60. The number of carbonyl (C=O) groups is 1. The van der Waals surface area contributed by atoms with Gasteiger partial charge in [0.15, 0.2) is 0 Å². The van der Waals surface area contributed by atoms with Crippen LogP contribution in [0.3, 0.4) is 0 Å². The summed E-state index contributed by atoms with van der Waals surface area (Å²) in [6.45, 7) is 2.20. The second-order valence-corrected chi connectivity index (χ2v) is 6.56. The fraction of sp³-hybridized carbons (Fsp3) is 0.278. The summed E-state index contributed by atoms with van der Waals surface area (Å²) < 4.78 is 6.80. The number of nitrogens with one attached hydrogen (secondary N) is 1. The topological polar surface area (TPSA) is 73.2 Å². The van der Waals surface area contributed by atoms with E-state index in [9.17, 15) is 9.59 Å². The molecule has 3 aromatic rings. The zero-order chi connectivity index (χ0) is 17.8. The number of carbonyl (C=O) groups excluding carboxylic acids is 1. The van der Waals surface area contributed by atoms with Gasteiger partial charge in [0.1, 0.15) is 10.6 Å². The van der Waals surface area contributed by atoms with E-state index in [4.69, 9.17) is 4.74 Å². The maximum absolute atomic E-state index is 12.3. The number of benzene rings is 1. The predicted molar refractivity (Wildman–Crippen MR) is 98.0 cm³/mol. The Hall–Kier alpha value is -2.67. The van der Waals surface area contributed by atoms with Crippen LogP contribution in [0.1, 0.15) is 24.9 Å². The van der Waals surface area contributed by atoms with E-state index in [0.717, 1.165) is 16.1 Å². The van der Waals surface area contributed by atoms with Crippen LogP contribution < -0.4 is 15.6 Å².